The zero-order valence-corrected chi connectivity index (χ0v) is 15.7. The van der Waals surface area contributed by atoms with Gasteiger partial charge in [0.05, 0.1) is 24.3 Å². The smallest absolute Gasteiger partial charge is 0.244 e. The van der Waals surface area contributed by atoms with Crippen molar-refractivity contribution < 1.29 is 9.47 Å². The summed E-state index contributed by atoms with van der Waals surface area (Å²) in [4.78, 5) is 0. The summed E-state index contributed by atoms with van der Waals surface area (Å²) in [5.41, 5.74) is 11.1. The fraction of sp³-hybridized carbons (Fsp3) is 0.182. The molecule has 1 aliphatic rings. The predicted molar refractivity (Wildman–Crippen MR) is 106 cm³/mol. The molecule has 0 radical (unpaired) electrons. The molecule has 6 heteroatoms. The van der Waals surface area contributed by atoms with Gasteiger partial charge in [-0.05, 0) is 29.7 Å². The topological polar surface area (TPSA) is 97.0 Å². The van der Waals surface area contributed by atoms with Crippen LogP contribution >= 0.6 is 0 Å². The third-order valence-corrected chi connectivity index (χ3v) is 5.02. The lowest BCUT2D eigenvalue weighted by Gasteiger charge is -2.24. The van der Waals surface area contributed by atoms with Crippen molar-refractivity contribution in [3.05, 3.63) is 76.7 Å². The maximum absolute atomic E-state index is 9.78. The highest BCUT2D eigenvalue weighted by Gasteiger charge is 2.35. The van der Waals surface area contributed by atoms with E-state index in [0.29, 0.717) is 11.5 Å². The Morgan fingerprint density at radius 2 is 2.04 bits per heavy atom. The van der Waals surface area contributed by atoms with Crippen molar-refractivity contribution >= 4 is 0 Å². The summed E-state index contributed by atoms with van der Waals surface area (Å²) < 4.78 is 11.0. The van der Waals surface area contributed by atoms with Gasteiger partial charge in [-0.3, -0.25) is 5.10 Å². The van der Waals surface area contributed by atoms with Gasteiger partial charge in [0.2, 0.25) is 11.8 Å². The summed E-state index contributed by atoms with van der Waals surface area (Å²) in [5.74, 6) is 0.846. The van der Waals surface area contributed by atoms with Crippen LogP contribution in [0.2, 0.25) is 0 Å². The molecule has 1 atom stereocenters. The van der Waals surface area contributed by atoms with E-state index in [-0.39, 0.29) is 11.8 Å². The van der Waals surface area contributed by atoms with Gasteiger partial charge in [-0.2, -0.15) is 5.26 Å². The predicted octanol–water partition coefficient (Wildman–Crippen LogP) is 3.87. The summed E-state index contributed by atoms with van der Waals surface area (Å²) in [6.07, 6.45) is 0.948. The molecule has 3 N–H and O–H groups in total. The molecular weight excluding hydrogens is 352 g/mol. The zero-order chi connectivity index (χ0) is 19.7. The number of benzene rings is 2. The summed E-state index contributed by atoms with van der Waals surface area (Å²) in [7, 11) is 1.62. The number of nitrogens with two attached hydrogens (primary N) is 1. The third-order valence-electron chi connectivity index (χ3n) is 5.02. The van der Waals surface area contributed by atoms with E-state index in [1.807, 2.05) is 36.4 Å². The van der Waals surface area contributed by atoms with Crippen LogP contribution in [0.25, 0.3) is 11.3 Å². The Labute approximate surface area is 163 Å². The maximum Gasteiger partial charge on any atom is 0.244 e. The number of aromatic nitrogens is 2. The van der Waals surface area contributed by atoms with Crippen LogP contribution in [0.1, 0.15) is 29.5 Å². The van der Waals surface area contributed by atoms with Crippen LogP contribution in [0.15, 0.2) is 60.0 Å². The summed E-state index contributed by atoms with van der Waals surface area (Å²) >= 11 is 0. The van der Waals surface area contributed by atoms with Gasteiger partial charge in [-0.25, -0.2) is 0 Å². The molecule has 140 valence electrons. The molecule has 6 nitrogen and oxygen atoms in total. The second-order valence-electron chi connectivity index (χ2n) is 6.57. The lowest BCUT2D eigenvalue weighted by Crippen LogP contribution is -2.21. The molecule has 1 aromatic heterocycles. The van der Waals surface area contributed by atoms with Crippen LogP contribution < -0.4 is 15.2 Å². The first-order valence-electron chi connectivity index (χ1n) is 9.05. The largest absolute Gasteiger partial charge is 0.497 e. The molecule has 0 spiro atoms. The third kappa shape index (κ3) is 2.87. The quantitative estimate of drug-likeness (QED) is 0.725. The van der Waals surface area contributed by atoms with Crippen molar-refractivity contribution in [1.29, 1.82) is 5.26 Å². The fourth-order valence-corrected chi connectivity index (χ4v) is 3.52. The Balaban J connectivity index is 1.91. The Morgan fingerprint density at radius 3 is 2.71 bits per heavy atom. The van der Waals surface area contributed by atoms with Gasteiger partial charge in [-0.1, -0.05) is 43.3 Å². The number of fused-ring (bicyclic) bond motifs is 1. The Hall–Kier alpha value is -3.72. The number of allylic oxidation sites excluding steroid dienone is 1. The van der Waals surface area contributed by atoms with Crippen molar-refractivity contribution in [3.8, 4) is 29.0 Å². The van der Waals surface area contributed by atoms with E-state index in [1.54, 1.807) is 7.11 Å². The van der Waals surface area contributed by atoms with Gasteiger partial charge in [0.15, 0.2) is 0 Å². The van der Waals surface area contributed by atoms with Crippen LogP contribution in [-0.2, 0) is 6.42 Å². The van der Waals surface area contributed by atoms with Crippen LogP contribution in [-0.4, -0.2) is 17.3 Å². The van der Waals surface area contributed by atoms with Crippen molar-refractivity contribution in [3.63, 3.8) is 0 Å². The van der Waals surface area contributed by atoms with Crippen molar-refractivity contribution in [1.82, 2.24) is 10.2 Å². The second-order valence-corrected chi connectivity index (χ2v) is 6.57. The van der Waals surface area contributed by atoms with Gasteiger partial charge in [0.25, 0.3) is 0 Å². The molecule has 0 bridgehead atoms. The number of aryl methyl sites for hydroxylation is 1. The number of hydrogen-bond acceptors (Lipinski definition) is 5. The number of H-pyrrole nitrogens is 1. The van der Waals surface area contributed by atoms with E-state index in [1.165, 1.54) is 5.56 Å². The molecule has 0 amide bonds. The number of aromatic amines is 1. The molecule has 28 heavy (non-hydrogen) atoms. The Kier molecular flexibility index (Phi) is 4.50. The normalized spacial score (nSPS) is 15.5. The first-order valence-corrected chi connectivity index (χ1v) is 9.05. The number of nitrogens with one attached hydrogen (secondary N) is 1. The molecule has 4 rings (SSSR count). The monoisotopic (exact) mass is 372 g/mol. The molecule has 2 aromatic carbocycles. The average molecular weight is 372 g/mol. The number of hydrogen-bond donors (Lipinski definition) is 2. The van der Waals surface area contributed by atoms with Gasteiger partial charge >= 0.3 is 0 Å². The van der Waals surface area contributed by atoms with E-state index in [2.05, 4.69) is 35.3 Å². The minimum Gasteiger partial charge on any atom is -0.497 e. The number of nitriles is 1. The van der Waals surface area contributed by atoms with Crippen LogP contribution in [0.3, 0.4) is 0 Å². The minimum atomic E-state index is -0.361. The van der Waals surface area contributed by atoms with Crippen LogP contribution in [0.5, 0.6) is 11.6 Å². The molecule has 1 aliphatic heterocycles. The van der Waals surface area contributed by atoms with E-state index in [0.717, 1.165) is 34.6 Å². The van der Waals surface area contributed by atoms with E-state index >= 15 is 0 Å². The van der Waals surface area contributed by atoms with Crippen molar-refractivity contribution in [2.45, 2.75) is 19.3 Å². The van der Waals surface area contributed by atoms with Crippen molar-refractivity contribution in [2.24, 2.45) is 5.73 Å². The second kappa shape index (κ2) is 7.12. The lowest BCUT2D eigenvalue weighted by atomic mass is 9.82. The van der Waals surface area contributed by atoms with E-state index in [4.69, 9.17) is 15.2 Å². The Morgan fingerprint density at radius 1 is 1.25 bits per heavy atom. The van der Waals surface area contributed by atoms with Crippen LogP contribution in [0.4, 0.5) is 0 Å². The van der Waals surface area contributed by atoms with Crippen molar-refractivity contribution in [2.75, 3.05) is 7.11 Å². The number of methoxy groups -OCH3 is 1. The standard InChI is InChI=1S/C22H20N4O2/c1-3-13-7-9-14(10-8-13)18-17(12-23)21(24)28-22-19(18)20(25-26-22)15-5-4-6-16(11-15)27-2/h4-11,18H,3,24H2,1-2H3,(H,25,26)/t18-/m0/s1. The molecule has 0 unspecified atom stereocenters. The maximum atomic E-state index is 9.78. The summed E-state index contributed by atoms with van der Waals surface area (Å²) in [6.45, 7) is 2.11. The van der Waals surface area contributed by atoms with E-state index in [9.17, 15) is 5.26 Å². The fourth-order valence-electron chi connectivity index (χ4n) is 3.52. The number of rotatable bonds is 4. The molecule has 3 aromatic rings. The van der Waals surface area contributed by atoms with Gasteiger partial charge < -0.3 is 15.2 Å². The molecule has 2 heterocycles. The van der Waals surface area contributed by atoms with Gasteiger partial charge in [0, 0.05) is 5.56 Å². The molecule has 0 saturated carbocycles. The average Bonchev–Trinajstić information content (AvgIpc) is 3.16. The van der Waals surface area contributed by atoms with E-state index < -0.39 is 0 Å². The van der Waals surface area contributed by atoms with Gasteiger partial charge in [0.1, 0.15) is 17.4 Å². The molecular formula is C22H20N4O2. The summed E-state index contributed by atoms with van der Waals surface area (Å²) in [6, 6.07) is 18.1. The first kappa shape index (κ1) is 17.7. The molecule has 0 saturated heterocycles. The highest BCUT2D eigenvalue weighted by atomic mass is 16.5. The van der Waals surface area contributed by atoms with Crippen LogP contribution in [0, 0.1) is 11.3 Å². The number of ether oxygens (including phenoxy) is 2. The molecule has 0 aliphatic carbocycles. The SMILES string of the molecule is CCc1ccc([C@H]2C(C#N)=C(N)Oc3n[nH]c(-c4cccc(OC)c4)c32)cc1. The summed E-state index contributed by atoms with van der Waals surface area (Å²) in [5, 5.41) is 17.1. The minimum absolute atomic E-state index is 0.0864. The molecule has 0 fully saturated rings. The van der Waals surface area contributed by atoms with Gasteiger partial charge in [-0.15, -0.1) is 5.10 Å². The zero-order valence-electron chi connectivity index (χ0n) is 15.7. The Bertz CT molecular complexity index is 1090. The lowest BCUT2D eigenvalue weighted by molar-refractivity contribution is 0.379. The highest BCUT2D eigenvalue weighted by Crippen LogP contribution is 2.45. The number of nitrogens with zero attached hydrogens (tertiary/aromatic N) is 2. The first-order chi connectivity index (χ1) is 13.7. The highest BCUT2D eigenvalue weighted by molar-refractivity contribution is 5.71.